The van der Waals surface area contributed by atoms with Crippen molar-refractivity contribution in [3.63, 3.8) is 0 Å². The third kappa shape index (κ3) is 4.01. The Kier molecular flexibility index (Phi) is 4.73. The molecule has 0 aliphatic heterocycles. The smallest absolute Gasteiger partial charge is 0.326 e. The highest BCUT2D eigenvalue weighted by Gasteiger charge is 2.32. The number of halogens is 4. The van der Waals surface area contributed by atoms with Crippen molar-refractivity contribution in [3.05, 3.63) is 23.3 Å². The number of alkyl halides is 3. The first-order valence-electron chi connectivity index (χ1n) is 4.56. The van der Waals surface area contributed by atoms with Crippen molar-refractivity contribution in [1.82, 2.24) is 0 Å². The van der Waals surface area contributed by atoms with Gasteiger partial charge < -0.3 is 5.73 Å². The van der Waals surface area contributed by atoms with E-state index in [1.54, 1.807) is 0 Å². The van der Waals surface area contributed by atoms with E-state index in [9.17, 15) is 21.6 Å². The third-order valence-corrected chi connectivity index (χ3v) is 4.23. The Balaban J connectivity index is 3.54. The quantitative estimate of drug-likeness (QED) is 0.680. The molecule has 0 aromatic heterocycles. The van der Waals surface area contributed by atoms with E-state index in [2.05, 4.69) is 0 Å². The van der Waals surface area contributed by atoms with E-state index in [0.717, 1.165) is 12.1 Å². The molecule has 0 saturated carbocycles. The minimum atomic E-state index is -4.57. The Morgan fingerprint density at radius 3 is 2.37 bits per heavy atom. The normalized spacial score (nSPS) is 12.2. The molecule has 0 unspecified atom stereocenters. The van der Waals surface area contributed by atoms with Crippen LogP contribution in [0.1, 0.15) is 11.1 Å². The van der Waals surface area contributed by atoms with Crippen LogP contribution in [0, 0.1) is 11.3 Å². The van der Waals surface area contributed by atoms with Gasteiger partial charge in [0.25, 0.3) is 9.05 Å². The highest BCUT2D eigenvalue weighted by molar-refractivity contribution is 8.13. The first kappa shape index (κ1) is 16.1. The molecule has 2 N–H and O–H groups in total. The lowest BCUT2D eigenvalue weighted by molar-refractivity contribution is -0.0328. The summed E-state index contributed by atoms with van der Waals surface area (Å²) >= 11 is -0.468. The highest BCUT2D eigenvalue weighted by Crippen LogP contribution is 2.40. The van der Waals surface area contributed by atoms with E-state index in [4.69, 9.17) is 21.7 Å². The number of nitriles is 1. The average molecular weight is 331 g/mol. The van der Waals surface area contributed by atoms with Crippen LogP contribution in [0.3, 0.4) is 0 Å². The zero-order valence-corrected chi connectivity index (χ0v) is 11.4. The van der Waals surface area contributed by atoms with Gasteiger partial charge in [0, 0.05) is 22.1 Å². The van der Waals surface area contributed by atoms with Gasteiger partial charge in [-0.1, -0.05) is 0 Å². The van der Waals surface area contributed by atoms with Crippen molar-refractivity contribution < 1.29 is 21.6 Å². The lowest BCUT2D eigenvalue weighted by atomic mass is 10.1. The van der Waals surface area contributed by atoms with Gasteiger partial charge in [-0.25, -0.2) is 8.42 Å². The maximum absolute atomic E-state index is 12.3. The van der Waals surface area contributed by atoms with Crippen LogP contribution < -0.4 is 5.73 Å². The molecule has 10 heteroatoms. The van der Waals surface area contributed by atoms with Gasteiger partial charge in [0.1, 0.15) is 11.0 Å². The van der Waals surface area contributed by atoms with Gasteiger partial charge in [-0.15, -0.1) is 0 Å². The van der Waals surface area contributed by atoms with Crippen molar-refractivity contribution in [3.8, 4) is 6.07 Å². The fourth-order valence-electron chi connectivity index (χ4n) is 1.36. The lowest BCUT2D eigenvalue weighted by Gasteiger charge is -2.13. The van der Waals surface area contributed by atoms with Gasteiger partial charge in [0.2, 0.25) is 0 Å². The number of hydrogen-bond donors (Lipinski definition) is 1. The largest absolute Gasteiger partial charge is 0.446 e. The Morgan fingerprint density at radius 1 is 1.42 bits per heavy atom. The SMILES string of the molecule is N#Cc1c(S(=O)(=O)Cl)ccc(SC(F)(F)F)c1CN. The summed E-state index contributed by atoms with van der Waals surface area (Å²) in [6, 6.07) is 3.31. The first-order chi connectivity index (χ1) is 8.60. The molecule has 4 nitrogen and oxygen atoms in total. The molecule has 0 saturated heterocycles. The van der Waals surface area contributed by atoms with Crippen LogP contribution in [0.15, 0.2) is 21.9 Å². The number of rotatable bonds is 3. The average Bonchev–Trinajstić information content (AvgIpc) is 2.24. The summed E-state index contributed by atoms with van der Waals surface area (Å²) in [5, 5.41) is 8.90. The molecule has 104 valence electrons. The predicted molar refractivity (Wildman–Crippen MR) is 64.0 cm³/mol. The summed E-state index contributed by atoms with van der Waals surface area (Å²) in [5.74, 6) is 0. The van der Waals surface area contributed by atoms with Crippen LogP contribution in [0.5, 0.6) is 0 Å². The van der Waals surface area contributed by atoms with Gasteiger partial charge in [0.05, 0.1) is 5.56 Å². The molecule has 0 spiro atoms. The zero-order chi connectivity index (χ0) is 14.8. The second-order valence-electron chi connectivity index (χ2n) is 3.22. The Labute approximate surface area is 115 Å². The van der Waals surface area contributed by atoms with E-state index >= 15 is 0 Å². The molecular formula is C9H6ClF3N2O2S2. The molecule has 1 aromatic rings. The zero-order valence-electron chi connectivity index (χ0n) is 9.03. The van der Waals surface area contributed by atoms with E-state index in [0.29, 0.717) is 0 Å². The number of benzene rings is 1. The Hall–Kier alpha value is -0.950. The lowest BCUT2D eigenvalue weighted by Crippen LogP contribution is -2.09. The molecule has 0 aliphatic rings. The molecule has 0 radical (unpaired) electrons. The first-order valence-corrected chi connectivity index (χ1v) is 7.69. The van der Waals surface area contributed by atoms with Crippen LogP contribution in [0.2, 0.25) is 0 Å². The van der Waals surface area contributed by atoms with Crippen LogP contribution in [0.25, 0.3) is 0 Å². The van der Waals surface area contributed by atoms with E-state index in [1.807, 2.05) is 0 Å². The Bertz CT molecular complexity index is 638. The van der Waals surface area contributed by atoms with E-state index in [-0.39, 0.29) is 10.5 Å². The maximum Gasteiger partial charge on any atom is 0.446 e. The second-order valence-corrected chi connectivity index (χ2v) is 6.86. The van der Waals surface area contributed by atoms with Crippen molar-refractivity contribution in [2.45, 2.75) is 21.8 Å². The maximum atomic E-state index is 12.3. The molecule has 0 heterocycles. The summed E-state index contributed by atoms with van der Waals surface area (Å²) in [7, 11) is 0.873. The van der Waals surface area contributed by atoms with Crippen LogP contribution in [-0.4, -0.2) is 13.9 Å². The number of nitrogens with two attached hydrogens (primary N) is 1. The summed E-state index contributed by atoms with van der Waals surface area (Å²) < 4.78 is 59.4. The predicted octanol–water partition coefficient (Wildman–Crippen LogP) is 2.56. The third-order valence-electron chi connectivity index (χ3n) is 2.04. The van der Waals surface area contributed by atoms with Crippen LogP contribution >= 0.6 is 22.4 Å². The van der Waals surface area contributed by atoms with E-state index in [1.165, 1.54) is 6.07 Å². The molecule has 0 fully saturated rings. The van der Waals surface area contributed by atoms with Crippen molar-refractivity contribution in [1.29, 1.82) is 5.26 Å². The van der Waals surface area contributed by atoms with E-state index < -0.39 is 43.3 Å². The molecule has 1 aromatic carbocycles. The molecule has 1 rings (SSSR count). The van der Waals surface area contributed by atoms with Crippen LogP contribution in [-0.2, 0) is 15.6 Å². The summed E-state index contributed by atoms with van der Waals surface area (Å²) in [6.07, 6.45) is 0. The van der Waals surface area contributed by atoms with Gasteiger partial charge in [-0.3, -0.25) is 0 Å². The van der Waals surface area contributed by atoms with Gasteiger partial charge >= 0.3 is 5.51 Å². The molecule has 0 amide bonds. The Morgan fingerprint density at radius 2 is 2.00 bits per heavy atom. The fourth-order valence-corrected chi connectivity index (χ4v) is 3.08. The number of hydrogen-bond acceptors (Lipinski definition) is 5. The summed E-state index contributed by atoms with van der Waals surface area (Å²) in [6.45, 7) is -0.415. The highest BCUT2D eigenvalue weighted by atomic mass is 35.7. The van der Waals surface area contributed by atoms with Crippen LogP contribution in [0.4, 0.5) is 13.2 Å². The molecule has 19 heavy (non-hydrogen) atoms. The second kappa shape index (κ2) is 5.58. The number of nitrogens with zero attached hydrogens (tertiary/aromatic N) is 1. The molecule has 0 bridgehead atoms. The molecule has 0 aliphatic carbocycles. The minimum Gasteiger partial charge on any atom is -0.326 e. The summed E-state index contributed by atoms with van der Waals surface area (Å²) in [4.78, 5) is -0.876. The van der Waals surface area contributed by atoms with Gasteiger partial charge in [-0.2, -0.15) is 18.4 Å². The van der Waals surface area contributed by atoms with Crippen molar-refractivity contribution in [2.24, 2.45) is 5.73 Å². The monoisotopic (exact) mass is 330 g/mol. The minimum absolute atomic E-state index is 0.202. The molecule has 0 atom stereocenters. The standard InChI is InChI=1S/C9H6ClF3N2O2S2/c10-19(16,17)8-2-1-7(18-9(11,12)13)5(3-14)6(8)4-15/h1-2H,3,14H2. The summed E-state index contributed by atoms with van der Waals surface area (Å²) in [5.41, 5.74) is 0.0487. The fraction of sp³-hybridized carbons (Fsp3) is 0.222. The topological polar surface area (TPSA) is 84.0 Å². The van der Waals surface area contributed by atoms with Crippen molar-refractivity contribution in [2.75, 3.05) is 0 Å². The van der Waals surface area contributed by atoms with Gasteiger partial charge in [-0.05, 0) is 29.5 Å². The molecular weight excluding hydrogens is 325 g/mol. The van der Waals surface area contributed by atoms with Crippen molar-refractivity contribution >= 4 is 31.5 Å². The number of thioether (sulfide) groups is 1. The van der Waals surface area contributed by atoms with Gasteiger partial charge in [0.15, 0.2) is 0 Å².